The molecular weight excluding hydrogens is 300 g/mol. The number of carbonyl (C=O) groups excluding carboxylic acids is 3. The van der Waals surface area contributed by atoms with Crippen LogP contribution in [-0.2, 0) is 9.59 Å². The van der Waals surface area contributed by atoms with Crippen LogP contribution in [0.1, 0.15) is 40.5 Å². The van der Waals surface area contributed by atoms with Gasteiger partial charge in [-0.2, -0.15) is 0 Å². The number of likely N-dealkylation sites (tertiary alicyclic amines) is 1. The third-order valence-electron chi connectivity index (χ3n) is 4.39. The van der Waals surface area contributed by atoms with Crippen molar-refractivity contribution in [2.45, 2.75) is 31.8 Å². The molecule has 2 unspecified atom stereocenters. The first-order valence-electron chi connectivity index (χ1n) is 7.43. The number of hydrogen-bond donors (Lipinski definition) is 1. The van der Waals surface area contributed by atoms with Crippen molar-refractivity contribution < 1.29 is 24.3 Å². The zero-order valence-electron chi connectivity index (χ0n) is 12.6. The fourth-order valence-electron chi connectivity index (χ4n) is 3.20. The van der Waals surface area contributed by atoms with E-state index in [2.05, 4.69) is 0 Å². The van der Waals surface area contributed by atoms with E-state index in [0.717, 1.165) is 4.90 Å². The van der Waals surface area contributed by atoms with Crippen LogP contribution in [0.3, 0.4) is 0 Å². The van der Waals surface area contributed by atoms with Crippen molar-refractivity contribution in [1.82, 2.24) is 9.80 Å². The van der Waals surface area contributed by atoms with Gasteiger partial charge in [-0.3, -0.25) is 19.3 Å². The molecule has 1 saturated heterocycles. The van der Waals surface area contributed by atoms with Crippen molar-refractivity contribution in [2.24, 2.45) is 0 Å². The molecule has 2 heterocycles. The summed E-state index contributed by atoms with van der Waals surface area (Å²) >= 11 is 0. The van der Waals surface area contributed by atoms with Gasteiger partial charge in [-0.15, -0.1) is 0 Å². The van der Waals surface area contributed by atoms with Gasteiger partial charge in [-0.05, 0) is 31.9 Å². The maximum Gasteiger partial charge on any atom is 0.326 e. The molecule has 1 aromatic rings. The predicted molar refractivity (Wildman–Crippen MR) is 78.8 cm³/mol. The fourth-order valence-corrected chi connectivity index (χ4v) is 3.20. The molecule has 120 valence electrons. The normalized spacial score (nSPS) is 21.5. The van der Waals surface area contributed by atoms with E-state index in [0.29, 0.717) is 19.4 Å². The number of hydrogen-bond acceptors (Lipinski definition) is 4. The molecule has 0 radical (unpaired) electrons. The zero-order chi connectivity index (χ0) is 16.7. The first-order valence-corrected chi connectivity index (χ1v) is 7.43. The van der Waals surface area contributed by atoms with E-state index >= 15 is 0 Å². The van der Waals surface area contributed by atoms with Crippen LogP contribution < -0.4 is 0 Å². The lowest BCUT2D eigenvalue weighted by atomic mass is 10.1. The lowest BCUT2D eigenvalue weighted by Gasteiger charge is -2.28. The molecule has 2 aliphatic heterocycles. The van der Waals surface area contributed by atoms with Gasteiger partial charge in [0.2, 0.25) is 5.91 Å². The zero-order valence-corrected chi connectivity index (χ0v) is 12.6. The second-order valence-electron chi connectivity index (χ2n) is 5.73. The molecule has 2 atom stereocenters. The second-order valence-corrected chi connectivity index (χ2v) is 5.73. The Kier molecular flexibility index (Phi) is 3.63. The first-order chi connectivity index (χ1) is 10.9. The maximum atomic E-state index is 12.6. The predicted octanol–water partition coefficient (Wildman–Crippen LogP) is 0.747. The number of aliphatic carboxylic acids is 1. The highest BCUT2D eigenvalue weighted by molar-refractivity contribution is 6.22. The molecule has 1 aromatic carbocycles. The number of carboxylic acid groups (broad SMARTS) is 1. The summed E-state index contributed by atoms with van der Waals surface area (Å²) in [6, 6.07) is 4.48. The summed E-state index contributed by atoms with van der Waals surface area (Å²) < 4.78 is 0. The average molecular weight is 316 g/mol. The fraction of sp³-hybridized carbons (Fsp3) is 0.375. The number of carboxylic acids is 1. The van der Waals surface area contributed by atoms with Crippen LogP contribution in [0.15, 0.2) is 24.3 Å². The summed E-state index contributed by atoms with van der Waals surface area (Å²) in [6.07, 6.45) is 0.980. The molecule has 1 N–H and O–H groups in total. The number of imide groups is 1. The van der Waals surface area contributed by atoms with Crippen LogP contribution in [0.5, 0.6) is 0 Å². The number of amides is 3. The standard InChI is InChI=1S/C16H16N2O5/c1-9(13(19)17-8-4-7-12(17)16(22)23)18-14(20)10-5-2-3-6-11(10)15(18)21/h2-3,5-6,9,12H,4,7-8H2,1H3,(H,22,23). The molecule has 0 aliphatic carbocycles. The Balaban J connectivity index is 1.85. The monoisotopic (exact) mass is 316 g/mol. The lowest BCUT2D eigenvalue weighted by Crippen LogP contribution is -2.52. The van der Waals surface area contributed by atoms with E-state index in [1.54, 1.807) is 24.3 Å². The third kappa shape index (κ3) is 2.28. The van der Waals surface area contributed by atoms with Crippen LogP contribution >= 0.6 is 0 Å². The molecule has 0 spiro atoms. The average Bonchev–Trinajstić information content (AvgIpc) is 3.11. The van der Waals surface area contributed by atoms with Crippen molar-refractivity contribution in [2.75, 3.05) is 6.54 Å². The lowest BCUT2D eigenvalue weighted by molar-refractivity contribution is -0.149. The van der Waals surface area contributed by atoms with E-state index < -0.39 is 35.8 Å². The Bertz CT molecular complexity index is 679. The van der Waals surface area contributed by atoms with E-state index in [9.17, 15) is 24.3 Å². The van der Waals surface area contributed by atoms with Gasteiger partial charge in [0.1, 0.15) is 12.1 Å². The number of benzene rings is 1. The number of nitrogens with zero attached hydrogens (tertiary/aromatic N) is 2. The van der Waals surface area contributed by atoms with Gasteiger partial charge < -0.3 is 10.0 Å². The minimum absolute atomic E-state index is 0.272. The minimum Gasteiger partial charge on any atom is -0.480 e. The van der Waals surface area contributed by atoms with Crippen LogP contribution in [0.2, 0.25) is 0 Å². The van der Waals surface area contributed by atoms with Gasteiger partial charge in [-0.1, -0.05) is 12.1 Å². The summed E-state index contributed by atoms with van der Waals surface area (Å²) in [5, 5.41) is 9.18. The van der Waals surface area contributed by atoms with Crippen LogP contribution in [0.4, 0.5) is 0 Å². The van der Waals surface area contributed by atoms with E-state index in [4.69, 9.17) is 0 Å². The van der Waals surface area contributed by atoms with Crippen molar-refractivity contribution >= 4 is 23.7 Å². The van der Waals surface area contributed by atoms with E-state index in [-0.39, 0.29) is 11.1 Å². The van der Waals surface area contributed by atoms with Crippen LogP contribution in [0.25, 0.3) is 0 Å². The maximum absolute atomic E-state index is 12.6. The summed E-state index contributed by atoms with van der Waals surface area (Å²) in [5.41, 5.74) is 0.543. The Morgan fingerprint density at radius 1 is 1.17 bits per heavy atom. The molecule has 3 amide bonds. The molecule has 3 rings (SSSR count). The van der Waals surface area contributed by atoms with Gasteiger partial charge in [-0.25, -0.2) is 4.79 Å². The molecule has 1 fully saturated rings. The Morgan fingerprint density at radius 3 is 2.26 bits per heavy atom. The van der Waals surface area contributed by atoms with Crippen molar-refractivity contribution in [3.63, 3.8) is 0 Å². The second kappa shape index (κ2) is 5.49. The van der Waals surface area contributed by atoms with Gasteiger partial charge >= 0.3 is 5.97 Å². The van der Waals surface area contributed by atoms with Crippen molar-refractivity contribution in [1.29, 1.82) is 0 Å². The molecule has 7 nitrogen and oxygen atoms in total. The van der Waals surface area contributed by atoms with E-state index in [1.807, 2.05) is 0 Å². The largest absolute Gasteiger partial charge is 0.480 e. The smallest absolute Gasteiger partial charge is 0.326 e. The minimum atomic E-state index is -1.06. The SMILES string of the molecule is CC(C(=O)N1CCCC1C(=O)O)N1C(=O)c2ccccc2C1=O. The first kappa shape index (κ1) is 15.2. The van der Waals surface area contributed by atoms with Gasteiger partial charge in [0, 0.05) is 6.54 Å². The summed E-state index contributed by atoms with van der Waals surface area (Å²) in [4.78, 5) is 50.8. The van der Waals surface area contributed by atoms with Gasteiger partial charge in [0.15, 0.2) is 0 Å². The van der Waals surface area contributed by atoms with Crippen molar-refractivity contribution in [3.05, 3.63) is 35.4 Å². The van der Waals surface area contributed by atoms with E-state index in [1.165, 1.54) is 11.8 Å². The quantitative estimate of drug-likeness (QED) is 0.830. The topological polar surface area (TPSA) is 95.0 Å². The van der Waals surface area contributed by atoms with Crippen LogP contribution in [-0.4, -0.2) is 57.2 Å². The molecular formula is C16H16N2O5. The molecule has 23 heavy (non-hydrogen) atoms. The third-order valence-corrected chi connectivity index (χ3v) is 4.39. The Labute approximate surface area is 132 Å². The highest BCUT2D eigenvalue weighted by Gasteiger charge is 2.44. The summed E-state index contributed by atoms with van der Waals surface area (Å²) in [7, 11) is 0. The Hall–Kier alpha value is -2.70. The molecule has 2 aliphatic rings. The highest BCUT2D eigenvalue weighted by atomic mass is 16.4. The molecule has 7 heteroatoms. The van der Waals surface area contributed by atoms with Gasteiger partial charge in [0.25, 0.3) is 11.8 Å². The molecule has 0 aromatic heterocycles. The summed E-state index contributed by atoms with van der Waals surface area (Å²) in [6.45, 7) is 1.78. The number of fused-ring (bicyclic) bond motifs is 1. The Morgan fingerprint density at radius 2 is 1.74 bits per heavy atom. The summed E-state index contributed by atoms with van der Waals surface area (Å²) in [5.74, 6) is -2.61. The highest BCUT2D eigenvalue weighted by Crippen LogP contribution is 2.26. The van der Waals surface area contributed by atoms with Crippen molar-refractivity contribution in [3.8, 4) is 0 Å². The number of rotatable bonds is 3. The van der Waals surface area contributed by atoms with Gasteiger partial charge in [0.05, 0.1) is 11.1 Å². The van der Waals surface area contributed by atoms with Crippen LogP contribution in [0, 0.1) is 0 Å². The number of carbonyl (C=O) groups is 4. The molecule has 0 bridgehead atoms. The molecule has 0 saturated carbocycles.